The molecule has 1 fully saturated rings. The van der Waals surface area contributed by atoms with Gasteiger partial charge < -0.3 is 15.7 Å². The van der Waals surface area contributed by atoms with Gasteiger partial charge in [0, 0.05) is 18.8 Å². The lowest BCUT2D eigenvalue weighted by Gasteiger charge is -2.24. The number of pyridine rings is 1. The number of hydrogen-bond acceptors (Lipinski definition) is 4. The molecule has 0 bridgehead atoms. The van der Waals surface area contributed by atoms with Crippen LogP contribution in [0.3, 0.4) is 0 Å². The number of nitrogens with two attached hydrogens (primary N) is 1. The summed E-state index contributed by atoms with van der Waals surface area (Å²) in [5.74, 6) is 0.945. The van der Waals surface area contributed by atoms with Gasteiger partial charge in [0.15, 0.2) is 0 Å². The first-order valence-electron chi connectivity index (χ1n) is 5.81. The average Bonchev–Trinajstić information content (AvgIpc) is 2.77. The number of aliphatic hydroxyl groups is 1. The van der Waals surface area contributed by atoms with Gasteiger partial charge in [-0.15, -0.1) is 0 Å². The summed E-state index contributed by atoms with van der Waals surface area (Å²) < 4.78 is 0. The molecule has 0 saturated carbocycles. The van der Waals surface area contributed by atoms with Crippen molar-refractivity contribution >= 4 is 5.82 Å². The lowest BCUT2D eigenvalue weighted by Crippen LogP contribution is -2.32. The quantitative estimate of drug-likeness (QED) is 0.801. The number of nitrogens with zero attached hydrogens (tertiary/aromatic N) is 2. The van der Waals surface area contributed by atoms with Gasteiger partial charge >= 0.3 is 0 Å². The Bertz CT molecular complexity index is 337. The van der Waals surface area contributed by atoms with Crippen molar-refractivity contribution in [3.05, 3.63) is 23.9 Å². The second-order valence-electron chi connectivity index (χ2n) is 4.41. The van der Waals surface area contributed by atoms with E-state index >= 15 is 0 Å². The lowest BCUT2D eigenvalue weighted by atomic mass is 10.1. The van der Waals surface area contributed by atoms with Gasteiger partial charge in [-0.3, -0.25) is 0 Å². The zero-order valence-electron chi connectivity index (χ0n) is 9.63. The first-order valence-corrected chi connectivity index (χ1v) is 5.81. The SMILES string of the molecule is CC(N)c1ccc(N2CCCC2CO)nc1. The molecule has 2 rings (SSSR count). The summed E-state index contributed by atoms with van der Waals surface area (Å²) in [6.45, 7) is 3.13. The molecular formula is C12H19N3O. The van der Waals surface area contributed by atoms with E-state index in [-0.39, 0.29) is 18.7 Å². The Morgan fingerprint density at radius 2 is 2.44 bits per heavy atom. The van der Waals surface area contributed by atoms with Gasteiger partial charge in [0.25, 0.3) is 0 Å². The van der Waals surface area contributed by atoms with Gasteiger partial charge in [0.1, 0.15) is 5.82 Å². The van der Waals surface area contributed by atoms with Gasteiger partial charge in [-0.25, -0.2) is 4.98 Å². The fourth-order valence-corrected chi connectivity index (χ4v) is 2.16. The fraction of sp³-hybridized carbons (Fsp3) is 0.583. The van der Waals surface area contributed by atoms with Crippen LogP contribution < -0.4 is 10.6 Å². The van der Waals surface area contributed by atoms with Crippen LogP contribution in [-0.4, -0.2) is 29.3 Å². The highest BCUT2D eigenvalue weighted by molar-refractivity contribution is 5.42. The molecule has 4 heteroatoms. The van der Waals surface area contributed by atoms with Crippen LogP contribution >= 0.6 is 0 Å². The standard InChI is InChI=1S/C12H19N3O/c1-9(13)10-4-5-12(14-7-10)15-6-2-3-11(15)8-16/h4-5,7,9,11,16H,2-3,6,8,13H2,1H3. The van der Waals surface area contributed by atoms with Crippen molar-refractivity contribution in [1.82, 2.24) is 4.98 Å². The molecule has 2 atom stereocenters. The van der Waals surface area contributed by atoms with Crippen molar-refractivity contribution in [3.63, 3.8) is 0 Å². The van der Waals surface area contributed by atoms with E-state index < -0.39 is 0 Å². The minimum Gasteiger partial charge on any atom is -0.394 e. The Morgan fingerprint density at radius 3 is 3.00 bits per heavy atom. The van der Waals surface area contributed by atoms with E-state index in [1.165, 1.54) is 0 Å². The second kappa shape index (κ2) is 4.80. The van der Waals surface area contributed by atoms with E-state index in [2.05, 4.69) is 9.88 Å². The van der Waals surface area contributed by atoms with Crippen LogP contribution in [-0.2, 0) is 0 Å². The molecule has 0 aliphatic carbocycles. The van der Waals surface area contributed by atoms with E-state index in [9.17, 15) is 5.11 Å². The summed E-state index contributed by atoms with van der Waals surface area (Å²) in [6.07, 6.45) is 4.00. The molecular weight excluding hydrogens is 202 g/mol. The number of rotatable bonds is 3. The normalized spacial score (nSPS) is 22.4. The summed E-state index contributed by atoms with van der Waals surface area (Å²) in [5, 5.41) is 9.25. The molecule has 88 valence electrons. The van der Waals surface area contributed by atoms with E-state index in [1.54, 1.807) is 0 Å². The van der Waals surface area contributed by atoms with Crippen molar-refractivity contribution < 1.29 is 5.11 Å². The molecule has 0 spiro atoms. The van der Waals surface area contributed by atoms with Gasteiger partial charge in [0.05, 0.1) is 12.6 Å². The van der Waals surface area contributed by atoms with Gasteiger partial charge in [0.2, 0.25) is 0 Å². The molecule has 2 heterocycles. The molecule has 16 heavy (non-hydrogen) atoms. The highest BCUT2D eigenvalue weighted by Gasteiger charge is 2.24. The lowest BCUT2D eigenvalue weighted by molar-refractivity contribution is 0.266. The second-order valence-corrected chi connectivity index (χ2v) is 4.41. The number of hydrogen-bond donors (Lipinski definition) is 2. The molecule has 2 unspecified atom stereocenters. The Hall–Kier alpha value is -1.13. The Labute approximate surface area is 96.1 Å². The van der Waals surface area contributed by atoms with Crippen molar-refractivity contribution in [2.45, 2.75) is 31.8 Å². The monoisotopic (exact) mass is 221 g/mol. The van der Waals surface area contributed by atoms with Crippen LogP contribution in [0.15, 0.2) is 18.3 Å². The van der Waals surface area contributed by atoms with Crippen molar-refractivity contribution in [1.29, 1.82) is 0 Å². The van der Waals surface area contributed by atoms with Gasteiger partial charge in [-0.05, 0) is 31.4 Å². The smallest absolute Gasteiger partial charge is 0.128 e. The summed E-state index contributed by atoms with van der Waals surface area (Å²) in [4.78, 5) is 6.59. The van der Waals surface area contributed by atoms with E-state index in [0.717, 1.165) is 30.8 Å². The third kappa shape index (κ3) is 2.18. The predicted octanol–water partition coefficient (Wildman–Crippen LogP) is 1.06. The zero-order chi connectivity index (χ0) is 11.5. The van der Waals surface area contributed by atoms with Crippen LogP contribution in [0, 0.1) is 0 Å². The molecule has 3 N–H and O–H groups in total. The van der Waals surface area contributed by atoms with E-state index in [1.807, 2.05) is 25.3 Å². The third-order valence-electron chi connectivity index (χ3n) is 3.18. The van der Waals surface area contributed by atoms with E-state index in [0.29, 0.717) is 0 Å². The number of anilines is 1. The van der Waals surface area contributed by atoms with Crippen LogP contribution in [0.5, 0.6) is 0 Å². The van der Waals surface area contributed by atoms with Crippen LogP contribution in [0.2, 0.25) is 0 Å². The summed E-state index contributed by atoms with van der Waals surface area (Å²) in [7, 11) is 0. The van der Waals surface area contributed by atoms with Crippen LogP contribution in [0.25, 0.3) is 0 Å². The summed E-state index contributed by atoms with van der Waals surface area (Å²) >= 11 is 0. The molecule has 1 aromatic rings. The van der Waals surface area contributed by atoms with Crippen molar-refractivity contribution in [2.24, 2.45) is 5.73 Å². The molecule has 1 aliphatic heterocycles. The molecule has 1 aromatic heterocycles. The maximum absolute atomic E-state index is 9.25. The highest BCUT2D eigenvalue weighted by atomic mass is 16.3. The minimum atomic E-state index is 0.0220. The van der Waals surface area contributed by atoms with Gasteiger partial charge in [-0.2, -0.15) is 0 Å². The molecule has 0 amide bonds. The predicted molar refractivity (Wildman–Crippen MR) is 64.3 cm³/mol. The largest absolute Gasteiger partial charge is 0.394 e. The molecule has 0 aromatic carbocycles. The topological polar surface area (TPSA) is 62.4 Å². The van der Waals surface area contributed by atoms with E-state index in [4.69, 9.17) is 5.73 Å². The average molecular weight is 221 g/mol. The third-order valence-corrected chi connectivity index (χ3v) is 3.18. The Morgan fingerprint density at radius 1 is 1.62 bits per heavy atom. The highest BCUT2D eigenvalue weighted by Crippen LogP contribution is 2.24. The molecule has 1 saturated heterocycles. The number of aliphatic hydroxyl groups excluding tert-OH is 1. The maximum Gasteiger partial charge on any atom is 0.128 e. The Kier molecular flexibility index (Phi) is 3.41. The van der Waals surface area contributed by atoms with Crippen LogP contribution in [0.1, 0.15) is 31.4 Å². The van der Waals surface area contributed by atoms with Crippen molar-refractivity contribution in [2.75, 3.05) is 18.1 Å². The summed E-state index contributed by atoms with van der Waals surface area (Å²) in [5.41, 5.74) is 6.82. The van der Waals surface area contributed by atoms with Crippen molar-refractivity contribution in [3.8, 4) is 0 Å². The Balaban J connectivity index is 2.15. The number of aromatic nitrogens is 1. The minimum absolute atomic E-state index is 0.0220. The molecule has 4 nitrogen and oxygen atoms in total. The first kappa shape index (κ1) is 11.4. The zero-order valence-corrected chi connectivity index (χ0v) is 9.63. The molecule has 1 aliphatic rings. The maximum atomic E-state index is 9.25. The molecule has 0 radical (unpaired) electrons. The van der Waals surface area contributed by atoms with Crippen LogP contribution in [0.4, 0.5) is 5.82 Å². The first-order chi connectivity index (χ1) is 7.72. The summed E-state index contributed by atoms with van der Waals surface area (Å²) in [6, 6.07) is 4.26. The van der Waals surface area contributed by atoms with Gasteiger partial charge in [-0.1, -0.05) is 6.07 Å². The fourth-order valence-electron chi connectivity index (χ4n) is 2.16.